The van der Waals surface area contributed by atoms with E-state index in [-0.39, 0.29) is 0 Å². The fourth-order valence-electron chi connectivity index (χ4n) is 4.19. The Morgan fingerprint density at radius 1 is 1.15 bits per heavy atom. The molecule has 0 saturated carbocycles. The predicted molar refractivity (Wildman–Crippen MR) is 136 cm³/mol. The largest absolute Gasteiger partial charge is 0.449 e. The Hall–Kier alpha value is -2.67. The van der Waals surface area contributed by atoms with Crippen LogP contribution in [0.15, 0.2) is 42.5 Å². The fraction of sp³-hybridized carbons (Fsp3) is 0.346. The molecular weight excluding hydrogens is 473 g/mol. The Bertz CT molecular complexity index is 1250. The number of anilines is 1. The summed E-state index contributed by atoms with van der Waals surface area (Å²) in [7, 11) is 0. The third-order valence-corrected chi connectivity index (χ3v) is 6.85. The predicted octanol–water partition coefficient (Wildman–Crippen LogP) is 5.88. The van der Waals surface area contributed by atoms with E-state index in [9.17, 15) is 9.59 Å². The van der Waals surface area contributed by atoms with Gasteiger partial charge in [-0.15, -0.1) is 0 Å². The van der Waals surface area contributed by atoms with Crippen molar-refractivity contribution in [3.8, 4) is 0 Å². The number of carbonyl (C=O) groups is 2. The van der Waals surface area contributed by atoms with Crippen molar-refractivity contribution in [2.24, 2.45) is 0 Å². The number of hydrogen-bond acceptors (Lipinski definition) is 5. The molecule has 0 bridgehead atoms. The smallest absolute Gasteiger partial charge is 0.340 e. The standard InChI is InChI=1S/C26H27Cl2N3O3/c1-4-23(25(32)29-16-9-10-19(27)20(28)13-16)34-26(33)24-17-7-5-6-8-21(17)30-22-11-12-31(15(2)3)14-18(22)24/h5-10,13,15,23H,4,11-12,14H2,1-3H3,(H,29,32). The van der Waals surface area contributed by atoms with Crippen molar-refractivity contribution in [3.05, 3.63) is 69.3 Å². The molecule has 2 aromatic carbocycles. The molecule has 8 heteroatoms. The lowest BCUT2D eigenvalue weighted by Gasteiger charge is -2.32. The zero-order valence-corrected chi connectivity index (χ0v) is 20.9. The molecule has 0 fully saturated rings. The number of amides is 1. The first kappa shape index (κ1) is 24.5. The quantitative estimate of drug-likeness (QED) is 0.428. The number of nitrogens with one attached hydrogen (secondary N) is 1. The van der Waals surface area contributed by atoms with Gasteiger partial charge in [0.2, 0.25) is 0 Å². The first-order valence-corrected chi connectivity index (χ1v) is 12.2. The van der Waals surface area contributed by atoms with Crippen LogP contribution in [0.5, 0.6) is 0 Å². The van der Waals surface area contributed by atoms with Crippen LogP contribution in [0.2, 0.25) is 10.0 Å². The molecule has 1 N–H and O–H groups in total. The summed E-state index contributed by atoms with van der Waals surface area (Å²) in [6.07, 6.45) is 0.116. The molecule has 1 aliphatic heterocycles. The van der Waals surface area contributed by atoms with E-state index in [4.69, 9.17) is 32.9 Å². The van der Waals surface area contributed by atoms with Crippen molar-refractivity contribution < 1.29 is 14.3 Å². The summed E-state index contributed by atoms with van der Waals surface area (Å²) in [5.74, 6) is -0.943. The van der Waals surface area contributed by atoms with Gasteiger partial charge in [-0.25, -0.2) is 4.79 Å². The molecule has 0 radical (unpaired) electrons. The van der Waals surface area contributed by atoms with Gasteiger partial charge >= 0.3 is 5.97 Å². The van der Waals surface area contributed by atoms with Crippen molar-refractivity contribution >= 4 is 51.7 Å². The molecule has 0 aliphatic carbocycles. The molecule has 4 rings (SSSR count). The van der Waals surface area contributed by atoms with Crippen LogP contribution >= 0.6 is 23.2 Å². The number of benzene rings is 2. The van der Waals surface area contributed by atoms with Crippen LogP contribution in [-0.4, -0.2) is 40.5 Å². The summed E-state index contributed by atoms with van der Waals surface area (Å²) in [5, 5.41) is 4.21. The maximum atomic E-state index is 13.5. The van der Waals surface area contributed by atoms with Gasteiger partial charge in [-0.2, -0.15) is 0 Å². The number of aromatic nitrogens is 1. The lowest BCUT2D eigenvalue weighted by molar-refractivity contribution is -0.124. The van der Waals surface area contributed by atoms with Gasteiger partial charge in [-0.1, -0.05) is 48.3 Å². The summed E-state index contributed by atoms with van der Waals surface area (Å²) >= 11 is 12.0. The normalized spacial score (nSPS) is 14.6. The molecule has 178 valence electrons. The van der Waals surface area contributed by atoms with Crippen LogP contribution in [0, 0.1) is 0 Å². The lowest BCUT2D eigenvalue weighted by atomic mass is 9.95. The fourth-order valence-corrected chi connectivity index (χ4v) is 4.49. The van der Waals surface area contributed by atoms with Gasteiger partial charge in [-0.05, 0) is 44.5 Å². The van der Waals surface area contributed by atoms with Crippen molar-refractivity contribution in [2.75, 3.05) is 11.9 Å². The van der Waals surface area contributed by atoms with Gasteiger partial charge in [-0.3, -0.25) is 14.7 Å². The Kier molecular flexibility index (Phi) is 7.41. The van der Waals surface area contributed by atoms with Crippen LogP contribution < -0.4 is 5.32 Å². The zero-order valence-electron chi connectivity index (χ0n) is 19.4. The van der Waals surface area contributed by atoms with Crippen molar-refractivity contribution in [2.45, 2.75) is 52.3 Å². The third-order valence-electron chi connectivity index (χ3n) is 6.11. The van der Waals surface area contributed by atoms with Gasteiger partial charge in [0, 0.05) is 47.9 Å². The van der Waals surface area contributed by atoms with Gasteiger partial charge in [0.15, 0.2) is 6.10 Å². The molecule has 1 amide bonds. The average molecular weight is 500 g/mol. The van der Waals surface area contributed by atoms with Crippen LogP contribution in [0.25, 0.3) is 10.9 Å². The number of rotatable bonds is 6. The minimum absolute atomic E-state index is 0.322. The molecule has 0 saturated heterocycles. The van der Waals surface area contributed by atoms with E-state index in [1.165, 1.54) is 0 Å². The Morgan fingerprint density at radius 2 is 1.91 bits per heavy atom. The number of pyridine rings is 1. The van der Waals surface area contributed by atoms with Gasteiger partial charge in [0.05, 0.1) is 21.1 Å². The van der Waals surface area contributed by atoms with E-state index in [1.807, 2.05) is 24.3 Å². The Labute approximate surface area is 209 Å². The Morgan fingerprint density at radius 3 is 2.62 bits per heavy atom. The molecule has 6 nitrogen and oxygen atoms in total. The summed E-state index contributed by atoms with van der Waals surface area (Å²) in [4.78, 5) is 33.6. The van der Waals surface area contributed by atoms with E-state index < -0.39 is 18.0 Å². The number of esters is 1. The van der Waals surface area contributed by atoms with E-state index in [1.54, 1.807) is 25.1 Å². The second-order valence-electron chi connectivity index (χ2n) is 8.66. The van der Waals surface area contributed by atoms with Crippen LogP contribution in [0.4, 0.5) is 5.69 Å². The van der Waals surface area contributed by atoms with E-state index in [0.717, 1.165) is 35.1 Å². The van der Waals surface area contributed by atoms with E-state index in [0.29, 0.717) is 40.3 Å². The van der Waals surface area contributed by atoms with Crippen molar-refractivity contribution in [3.63, 3.8) is 0 Å². The number of hydrogen-bond donors (Lipinski definition) is 1. The topological polar surface area (TPSA) is 71.5 Å². The average Bonchev–Trinajstić information content (AvgIpc) is 2.82. The van der Waals surface area contributed by atoms with Crippen molar-refractivity contribution in [1.82, 2.24) is 9.88 Å². The molecule has 2 heterocycles. The summed E-state index contributed by atoms with van der Waals surface area (Å²) < 4.78 is 5.79. The number of nitrogens with zero attached hydrogens (tertiary/aromatic N) is 2. The third kappa shape index (κ3) is 5.04. The molecule has 1 atom stereocenters. The molecular formula is C26H27Cl2N3O3. The highest BCUT2D eigenvalue weighted by Crippen LogP contribution is 2.30. The van der Waals surface area contributed by atoms with Gasteiger partial charge in [0.1, 0.15) is 0 Å². The molecule has 0 spiro atoms. The molecule has 3 aromatic rings. The minimum atomic E-state index is -0.964. The number of para-hydroxylation sites is 1. The van der Waals surface area contributed by atoms with E-state index in [2.05, 4.69) is 24.1 Å². The van der Waals surface area contributed by atoms with Crippen LogP contribution in [0.1, 0.15) is 48.8 Å². The number of ether oxygens (including phenoxy) is 1. The molecule has 1 unspecified atom stereocenters. The van der Waals surface area contributed by atoms with E-state index >= 15 is 0 Å². The monoisotopic (exact) mass is 499 g/mol. The second kappa shape index (κ2) is 10.3. The van der Waals surface area contributed by atoms with Crippen LogP contribution in [-0.2, 0) is 22.5 Å². The number of carbonyl (C=O) groups excluding carboxylic acids is 2. The SMILES string of the molecule is CCC(OC(=O)c1c2c(nc3ccccc13)CCN(C(C)C)C2)C(=O)Nc1ccc(Cl)c(Cl)c1. The molecule has 34 heavy (non-hydrogen) atoms. The van der Waals surface area contributed by atoms with Gasteiger partial charge < -0.3 is 10.1 Å². The number of fused-ring (bicyclic) bond motifs is 2. The summed E-state index contributed by atoms with van der Waals surface area (Å²) in [5.41, 5.74) is 3.51. The zero-order chi connectivity index (χ0) is 24.4. The number of halogens is 2. The Balaban J connectivity index is 1.64. The second-order valence-corrected chi connectivity index (χ2v) is 9.48. The highest BCUT2D eigenvalue weighted by molar-refractivity contribution is 6.42. The maximum absolute atomic E-state index is 13.5. The van der Waals surface area contributed by atoms with Crippen LogP contribution in [0.3, 0.4) is 0 Å². The first-order valence-electron chi connectivity index (χ1n) is 11.4. The van der Waals surface area contributed by atoms with Crippen molar-refractivity contribution in [1.29, 1.82) is 0 Å². The highest BCUT2D eigenvalue weighted by atomic mass is 35.5. The summed E-state index contributed by atoms with van der Waals surface area (Å²) in [6, 6.07) is 12.7. The maximum Gasteiger partial charge on any atom is 0.340 e. The summed E-state index contributed by atoms with van der Waals surface area (Å²) in [6.45, 7) is 7.57. The molecule has 1 aliphatic rings. The lowest BCUT2D eigenvalue weighted by Crippen LogP contribution is -2.38. The molecule has 1 aromatic heterocycles. The minimum Gasteiger partial charge on any atom is -0.449 e. The first-order chi connectivity index (χ1) is 16.3. The van der Waals surface area contributed by atoms with Gasteiger partial charge in [0.25, 0.3) is 5.91 Å². The highest BCUT2D eigenvalue weighted by Gasteiger charge is 2.30.